The molecular weight excluding hydrogens is 190 g/mol. The van der Waals surface area contributed by atoms with E-state index in [-0.39, 0.29) is 6.03 Å². The molecule has 0 aromatic rings. The number of urea groups is 1. The van der Waals surface area contributed by atoms with Crippen LogP contribution in [0.2, 0.25) is 0 Å². The normalized spacial score (nSPS) is 30.2. The van der Waals surface area contributed by atoms with Gasteiger partial charge in [0.25, 0.3) is 0 Å². The van der Waals surface area contributed by atoms with Gasteiger partial charge in [-0.25, -0.2) is 4.79 Å². The summed E-state index contributed by atoms with van der Waals surface area (Å²) in [6.07, 6.45) is 4.65. The van der Waals surface area contributed by atoms with Crippen molar-refractivity contribution in [2.24, 2.45) is 0 Å². The first-order chi connectivity index (χ1) is 7.31. The molecule has 0 aromatic heterocycles. The molecule has 15 heavy (non-hydrogen) atoms. The lowest BCUT2D eigenvalue weighted by molar-refractivity contribution is 0.232. The minimum absolute atomic E-state index is 0.00981. The van der Waals surface area contributed by atoms with E-state index in [1.807, 2.05) is 0 Å². The molecule has 4 nitrogen and oxygen atoms in total. The van der Waals surface area contributed by atoms with Gasteiger partial charge in [-0.3, -0.25) is 4.90 Å². The lowest BCUT2D eigenvalue weighted by Gasteiger charge is -2.21. The van der Waals surface area contributed by atoms with E-state index in [0.29, 0.717) is 12.1 Å². The Bertz CT molecular complexity index is 232. The van der Waals surface area contributed by atoms with Crippen LogP contribution in [-0.2, 0) is 0 Å². The Morgan fingerprint density at radius 3 is 3.07 bits per heavy atom. The van der Waals surface area contributed by atoms with Crippen LogP contribution in [0.4, 0.5) is 4.79 Å². The van der Waals surface area contributed by atoms with Crippen LogP contribution in [0.5, 0.6) is 0 Å². The maximum absolute atomic E-state index is 11.5. The predicted octanol–water partition coefficient (Wildman–Crippen LogP) is 0.932. The van der Waals surface area contributed by atoms with Crippen molar-refractivity contribution < 1.29 is 4.79 Å². The second-order valence-corrected chi connectivity index (χ2v) is 4.54. The van der Waals surface area contributed by atoms with Crippen molar-refractivity contribution in [1.82, 2.24) is 15.5 Å². The van der Waals surface area contributed by atoms with Crippen molar-refractivity contribution in [1.29, 1.82) is 0 Å². The molecule has 2 aliphatic heterocycles. The molecule has 4 heteroatoms. The number of carbonyl (C=O) groups excluding carboxylic acids is 1. The molecule has 0 aliphatic carbocycles. The van der Waals surface area contributed by atoms with Crippen LogP contribution in [0.3, 0.4) is 0 Å². The van der Waals surface area contributed by atoms with E-state index >= 15 is 0 Å². The van der Waals surface area contributed by atoms with Crippen molar-refractivity contribution in [3.8, 4) is 0 Å². The van der Waals surface area contributed by atoms with Crippen LogP contribution >= 0.6 is 0 Å². The van der Waals surface area contributed by atoms with Crippen molar-refractivity contribution in [3.05, 3.63) is 0 Å². The Balaban J connectivity index is 1.77. The highest BCUT2D eigenvalue weighted by Crippen LogP contribution is 2.27. The SMILES string of the molecule is CCCNC(=O)NC1CCN2CCCC12. The highest BCUT2D eigenvalue weighted by atomic mass is 16.2. The number of nitrogens with one attached hydrogen (secondary N) is 2. The second kappa shape index (κ2) is 4.84. The third kappa shape index (κ3) is 2.43. The largest absolute Gasteiger partial charge is 0.338 e. The van der Waals surface area contributed by atoms with Gasteiger partial charge in [-0.2, -0.15) is 0 Å². The number of amides is 2. The first-order valence-electron chi connectivity index (χ1n) is 6.09. The van der Waals surface area contributed by atoms with Crippen molar-refractivity contribution >= 4 is 6.03 Å². The molecule has 0 radical (unpaired) electrons. The Hall–Kier alpha value is -0.770. The fourth-order valence-electron chi connectivity index (χ4n) is 2.71. The number of hydrogen-bond acceptors (Lipinski definition) is 2. The highest BCUT2D eigenvalue weighted by Gasteiger charge is 2.37. The van der Waals surface area contributed by atoms with E-state index in [1.54, 1.807) is 0 Å². The average Bonchev–Trinajstić information content (AvgIpc) is 2.80. The van der Waals surface area contributed by atoms with E-state index in [1.165, 1.54) is 19.4 Å². The topological polar surface area (TPSA) is 44.4 Å². The van der Waals surface area contributed by atoms with Crippen molar-refractivity contribution in [2.75, 3.05) is 19.6 Å². The monoisotopic (exact) mass is 211 g/mol. The molecule has 0 aromatic carbocycles. The van der Waals surface area contributed by atoms with Gasteiger partial charge in [-0.15, -0.1) is 0 Å². The fourth-order valence-corrected chi connectivity index (χ4v) is 2.71. The van der Waals surface area contributed by atoms with E-state index in [4.69, 9.17) is 0 Å². The quantitative estimate of drug-likeness (QED) is 0.729. The average molecular weight is 211 g/mol. The molecule has 2 N–H and O–H groups in total. The summed E-state index contributed by atoms with van der Waals surface area (Å²) in [5.41, 5.74) is 0. The predicted molar refractivity (Wildman–Crippen MR) is 59.8 cm³/mol. The van der Waals surface area contributed by atoms with Gasteiger partial charge in [0.05, 0.1) is 0 Å². The van der Waals surface area contributed by atoms with E-state index in [2.05, 4.69) is 22.5 Å². The number of rotatable bonds is 3. The number of carbonyl (C=O) groups is 1. The van der Waals surface area contributed by atoms with Crippen LogP contribution in [0, 0.1) is 0 Å². The zero-order valence-electron chi connectivity index (χ0n) is 9.46. The van der Waals surface area contributed by atoms with Crippen LogP contribution < -0.4 is 10.6 Å². The molecule has 2 fully saturated rings. The van der Waals surface area contributed by atoms with E-state index in [0.717, 1.165) is 25.9 Å². The summed E-state index contributed by atoms with van der Waals surface area (Å²) >= 11 is 0. The summed E-state index contributed by atoms with van der Waals surface area (Å²) in [6.45, 7) is 5.21. The summed E-state index contributed by atoms with van der Waals surface area (Å²) in [5.74, 6) is 0. The van der Waals surface area contributed by atoms with E-state index < -0.39 is 0 Å². The zero-order chi connectivity index (χ0) is 10.7. The second-order valence-electron chi connectivity index (χ2n) is 4.54. The van der Waals surface area contributed by atoms with Gasteiger partial charge in [0.1, 0.15) is 0 Å². The Morgan fingerprint density at radius 2 is 2.27 bits per heavy atom. The van der Waals surface area contributed by atoms with Crippen molar-refractivity contribution in [2.45, 2.75) is 44.7 Å². The lowest BCUT2D eigenvalue weighted by atomic mass is 10.1. The highest BCUT2D eigenvalue weighted by molar-refractivity contribution is 5.74. The Morgan fingerprint density at radius 1 is 1.40 bits per heavy atom. The molecule has 0 bridgehead atoms. The summed E-state index contributed by atoms with van der Waals surface area (Å²) in [4.78, 5) is 14.0. The van der Waals surface area contributed by atoms with Crippen LogP contribution in [0.25, 0.3) is 0 Å². The maximum Gasteiger partial charge on any atom is 0.315 e. The minimum Gasteiger partial charge on any atom is -0.338 e. The molecule has 2 aliphatic rings. The summed E-state index contributed by atoms with van der Waals surface area (Å²) < 4.78 is 0. The number of fused-ring (bicyclic) bond motifs is 1. The molecule has 2 saturated heterocycles. The third-order valence-electron chi connectivity index (χ3n) is 3.46. The van der Waals surface area contributed by atoms with Crippen LogP contribution in [-0.4, -0.2) is 42.6 Å². The van der Waals surface area contributed by atoms with Crippen LogP contribution in [0.15, 0.2) is 0 Å². The molecular formula is C11H21N3O. The summed E-state index contributed by atoms with van der Waals surface area (Å²) in [7, 11) is 0. The molecule has 2 amide bonds. The Labute approximate surface area is 91.4 Å². The smallest absolute Gasteiger partial charge is 0.315 e. The van der Waals surface area contributed by atoms with Gasteiger partial charge < -0.3 is 10.6 Å². The first kappa shape index (κ1) is 10.7. The van der Waals surface area contributed by atoms with E-state index in [9.17, 15) is 4.79 Å². The van der Waals surface area contributed by atoms with Gasteiger partial charge in [-0.05, 0) is 32.2 Å². The molecule has 2 rings (SSSR count). The first-order valence-corrected chi connectivity index (χ1v) is 6.09. The summed E-state index contributed by atoms with van der Waals surface area (Å²) in [6, 6.07) is 0.998. The Kier molecular flexibility index (Phi) is 3.46. The van der Waals surface area contributed by atoms with Crippen LogP contribution in [0.1, 0.15) is 32.6 Å². The van der Waals surface area contributed by atoms with Gasteiger partial charge >= 0.3 is 6.03 Å². The molecule has 0 saturated carbocycles. The zero-order valence-corrected chi connectivity index (χ0v) is 9.46. The van der Waals surface area contributed by atoms with Crippen molar-refractivity contribution in [3.63, 3.8) is 0 Å². The molecule has 2 heterocycles. The van der Waals surface area contributed by atoms with Gasteiger partial charge in [0.2, 0.25) is 0 Å². The third-order valence-corrected chi connectivity index (χ3v) is 3.46. The molecule has 2 unspecified atom stereocenters. The van der Waals surface area contributed by atoms with Gasteiger partial charge in [0.15, 0.2) is 0 Å². The fraction of sp³-hybridized carbons (Fsp3) is 0.909. The number of hydrogen-bond donors (Lipinski definition) is 2. The van der Waals surface area contributed by atoms with Gasteiger partial charge in [0, 0.05) is 25.2 Å². The maximum atomic E-state index is 11.5. The summed E-state index contributed by atoms with van der Waals surface area (Å²) in [5, 5.41) is 5.96. The molecule has 86 valence electrons. The molecule has 0 spiro atoms. The standard InChI is InChI=1S/C11H21N3O/c1-2-6-12-11(15)13-9-5-8-14-7-3-4-10(9)14/h9-10H,2-8H2,1H3,(H2,12,13,15). The van der Waals surface area contributed by atoms with Gasteiger partial charge in [-0.1, -0.05) is 6.92 Å². The lowest BCUT2D eigenvalue weighted by Crippen LogP contribution is -2.46. The minimum atomic E-state index is 0.00981. The molecule has 2 atom stereocenters. The number of nitrogens with zero attached hydrogens (tertiary/aromatic N) is 1.